The van der Waals surface area contributed by atoms with Crippen LogP contribution in [0.25, 0.3) is 32.3 Å². The SMILES string of the molecule is N#Cc1c2ccccc2c(C#N)c2cc(CCCc3cccc4ccccc34)ccc12. The van der Waals surface area contributed by atoms with Gasteiger partial charge in [0.2, 0.25) is 0 Å². The molecule has 0 N–H and O–H groups in total. The van der Waals surface area contributed by atoms with Crippen molar-refractivity contribution in [2.24, 2.45) is 0 Å². The van der Waals surface area contributed by atoms with Gasteiger partial charge in [-0.25, -0.2) is 0 Å². The van der Waals surface area contributed by atoms with Crippen molar-refractivity contribution in [3.8, 4) is 12.1 Å². The lowest BCUT2D eigenvalue weighted by Gasteiger charge is -2.11. The molecule has 0 heterocycles. The van der Waals surface area contributed by atoms with Gasteiger partial charge in [0.15, 0.2) is 0 Å². The molecule has 31 heavy (non-hydrogen) atoms. The van der Waals surface area contributed by atoms with Gasteiger partial charge in [-0.2, -0.15) is 10.5 Å². The zero-order chi connectivity index (χ0) is 21.2. The third-order valence-electron chi connectivity index (χ3n) is 6.10. The first-order valence-electron chi connectivity index (χ1n) is 10.5. The maximum absolute atomic E-state index is 9.88. The molecule has 5 aromatic rings. The maximum atomic E-state index is 9.88. The summed E-state index contributed by atoms with van der Waals surface area (Å²) in [5.41, 5.74) is 3.87. The summed E-state index contributed by atoms with van der Waals surface area (Å²) in [5.74, 6) is 0. The smallest absolute Gasteiger partial charge is 0.100 e. The van der Waals surface area contributed by atoms with E-state index in [2.05, 4.69) is 66.7 Å². The van der Waals surface area contributed by atoms with Crippen LogP contribution in [-0.2, 0) is 12.8 Å². The second kappa shape index (κ2) is 7.94. The molecule has 0 atom stereocenters. The number of nitrogens with zero attached hydrogens (tertiary/aromatic N) is 2. The largest absolute Gasteiger partial charge is 0.192 e. The number of rotatable bonds is 4. The van der Waals surface area contributed by atoms with Crippen LogP contribution in [0.4, 0.5) is 0 Å². The number of fused-ring (bicyclic) bond motifs is 3. The highest BCUT2D eigenvalue weighted by molar-refractivity contribution is 6.09. The molecule has 0 amide bonds. The van der Waals surface area contributed by atoms with Crippen molar-refractivity contribution >= 4 is 32.3 Å². The molecule has 0 radical (unpaired) electrons. The van der Waals surface area contributed by atoms with Crippen LogP contribution < -0.4 is 0 Å². The lowest BCUT2D eigenvalue weighted by molar-refractivity contribution is 0.826. The molecular weight excluding hydrogens is 376 g/mol. The number of hydrogen-bond donors (Lipinski definition) is 0. The molecule has 5 aromatic carbocycles. The molecule has 0 spiro atoms. The molecule has 0 saturated carbocycles. The average Bonchev–Trinajstić information content (AvgIpc) is 2.82. The molecule has 0 aromatic heterocycles. The minimum absolute atomic E-state index is 0.645. The molecule has 0 bridgehead atoms. The van der Waals surface area contributed by atoms with Crippen LogP contribution in [0.15, 0.2) is 84.9 Å². The van der Waals surface area contributed by atoms with Crippen LogP contribution in [0.3, 0.4) is 0 Å². The van der Waals surface area contributed by atoms with Crippen molar-refractivity contribution < 1.29 is 0 Å². The van der Waals surface area contributed by atoms with Crippen LogP contribution in [0.5, 0.6) is 0 Å². The molecule has 2 nitrogen and oxygen atoms in total. The summed E-state index contributed by atoms with van der Waals surface area (Å²) in [6.45, 7) is 0. The van der Waals surface area contributed by atoms with Crippen molar-refractivity contribution in [2.75, 3.05) is 0 Å². The molecule has 0 aliphatic rings. The standard InChI is InChI=1S/C29H20N2/c30-18-28-24-13-3-4-14-25(24)29(19-31)27-17-20(15-16-26(27)28)7-5-9-22-11-6-10-21-8-1-2-12-23(21)22/h1-4,6,8,10-17H,5,7,9H2. The fourth-order valence-corrected chi connectivity index (χ4v) is 4.62. The summed E-state index contributed by atoms with van der Waals surface area (Å²) in [5, 5.41) is 25.7. The van der Waals surface area contributed by atoms with Crippen LogP contribution >= 0.6 is 0 Å². The monoisotopic (exact) mass is 396 g/mol. The Balaban J connectivity index is 1.49. The molecule has 0 fully saturated rings. The number of hydrogen-bond acceptors (Lipinski definition) is 2. The highest BCUT2D eigenvalue weighted by Gasteiger charge is 2.14. The zero-order valence-corrected chi connectivity index (χ0v) is 17.1. The third kappa shape index (κ3) is 3.29. The molecule has 0 aliphatic carbocycles. The predicted octanol–water partition coefficient (Wildman–Crippen LogP) is 7.06. The van der Waals surface area contributed by atoms with Crippen LogP contribution in [-0.4, -0.2) is 0 Å². The van der Waals surface area contributed by atoms with Gasteiger partial charge in [-0.15, -0.1) is 0 Å². The van der Waals surface area contributed by atoms with E-state index in [-0.39, 0.29) is 0 Å². The quantitative estimate of drug-likeness (QED) is 0.305. The highest BCUT2D eigenvalue weighted by Crippen LogP contribution is 2.33. The van der Waals surface area contributed by atoms with Gasteiger partial charge < -0.3 is 0 Å². The Hall–Kier alpha value is -4.14. The number of benzene rings is 5. The van der Waals surface area contributed by atoms with Gasteiger partial charge in [0.25, 0.3) is 0 Å². The first-order chi connectivity index (χ1) is 15.3. The van der Waals surface area contributed by atoms with E-state index in [4.69, 9.17) is 0 Å². The lowest BCUT2D eigenvalue weighted by atomic mass is 9.91. The second-order valence-electron chi connectivity index (χ2n) is 7.89. The number of aryl methyl sites for hydroxylation is 2. The fraction of sp³-hybridized carbons (Fsp3) is 0.103. The van der Waals surface area contributed by atoms with Crippen LogP contribution in [0, 0.1) is 22.7 Å². The minimum Gasteiger partial charge on any atom is -0.192 e. The van der Waals surface area contributed by atoms with E-state index in [1.807, 2.05) is 30.3 Å². The van der Waals surface area contributed by atoms with Gasteiger partial charge in [-0.3, -0.25) is 0 Å². The summed E-state index contributed by atoms with van der Waals surface area (Å²) in [7, 11) is 0. The van der Waals surface area contributed by atoms with Gasteiger partial charge in [0.1, 0.15) is 12.1 Å². The van der Waals surface area contributed by atoms with Gasteiger partial charge in [0.05, 0.1) is 11.1 Å². The van der Waals surface area contributed by atoms with Gasteiger partial charge in [0, 0.05) is 21.5 Å². The van der Waals surface area contributed by atoms with Gasteiger partial charge >= 0.3 is 0 Å². The molecule has 5 rings (SSSR count). The van der Waals surface area contributed by atoms with E-state index in [9.17, 15) is 10.5 Å². The van der Waals surface area contributed by atoms with Crippen molar-refractivity contribution in [1.29, 1.82) is 10.5 Å². The molecule has 0 unspecified atom stereocenters. The Kier molecular flexibility index (Phi) is 4.83. The van der Waals surface area contributed by atoms with E-state index >= 15 is 0 Å². The fourth-order valence-electron chi connectivity index (χ4n) is 4.62. The van der Waals surface area contributed by atoms with E-state index < -0.39 is 0 Å². The van der Waals surface area contributed by atoms with Crippen LogP contribution in [0.1, 0.15) is 28.7 Å². The first kappa shape index (κ1) is 18.9. The summed E-state index contributed by atoms with van der Waals surface area (Å²) in [6.07, 6.45) is 2.96. The van der Waals surface area contributed by atoms with E-state index in [0.717, 1.165) is 40.8 Å². The molecule has 0 aliphatic heterocycles. The van der Waals surface area contributed by atoms with Crippen molar-refractivity contribution in [3.63, 3.8) is 0 Å². The summed E-state index contributed by atoms with van der Waals surface area (Å²) < 4.78 is 0. The van der Waals surface area contributed by atoms with Crippen molar-refractivity contribution in [2.45, 2.75) is 19.3 Å². The topological polar surface area (TPSA) is 47.6 Å². The Morgan fingerprint density at radius 2 is 1.16 bits per heavy atom. The van der Waals surface area contributed by atoms with E-state index in [1.54, 1.807) is 0 Å². The Morgan fingerprint density at radius 1 is 0.548 bits per heavy atom. The predicted molar refractivity (Wildman–Crippen MR) is 127 cm³/mol. The normalized spacial score (nSPS) is 10.9. The second-order valence-corrected chi connectivity index (χ2v) is 7.89. The summed E-state index contributed by atoms with van der Waals surface area (Å²) in [4.78, 5) is 0. The highest BCUT2D eigenvalue weighted by atomic mass is 14.3. The van der Waals surface area contributed by atoms with Gasteiger partial charge in [-0.05, 0) is 47.2 Å². The Labute approximate surface area is 181 Å². The van der Waals surface area contributed by atoms with E-state index in [0.29, 0.717) is 11.1 Å². The van der Waals surface area contributed by atoms with Crippen molar-refractivity contribution in [3.05, 3.63) is 107 Å². The average molecular weight is 396 g/mol. The maximum Gasteiger partial charge on any atom is 0.100 e. The molecule has 0 saturated heterocycles. The minimum atomic E-state index is 0.645. The summed E-state index contributed by atoms with van der Waals surface area (Å²) in [6, 6.07) is 33.6. The van der Waals surface area contributed by atoms with E-state index in [1.165, 1.54) is 21.9 Å². The Bertz CT molecular complexity index is 1530. The summed E-state index contributed by atoms with van der Waals surface area (Å²) >= 11 is 0. The number of nitriles is 2. The lowest BCUT2D eigenvalue weighted by Crippen LogP contribution is -1.94. The zero-order valence-electron chi connectivity index (χ0n) is 17.1. The molecule has 2 heteroatoms. The first-order valence-corrected chi connectivity index (χ1v) is 10.5. The van der Waals surface area contributed by atoms with Crippen LogP contribution in [0.2, 0.25) is 0 Å². The molecular formula is C29H20N2. The van der Waals surface area contributed by atoms with Gasteiger partial charge in [-0.1, -0.05) is 78.9 Å². The van der Waals surface area contributed by atoms with Crippen molar-refractivity contribution in [1.82, 2.24) is 0 Å². The third-order valence-corrected chi connectivity index (χ3v) is 6.10. The Morgan fingerprint density at radius 3 is 1.90 bits per heavy atom. The molecule has 146 valence electrons.